The lowest BCUT2D eigenvalue weighted by atomic mass is 9.84. The van der Waals surface area contributed by atoms with E-state index in [-0.39, 0.29) is 23.7 Å². The number of hydrogen-bond donors (Lipinski definition) is 0. The minimum absolute atomic E-state index is 0.115. The van der Waals surface area contributed by atoms with Crippen molar-refractivity contribution in [3.8, 4) is 0 Å². The molecule has 1 aromatic rings. The molecular weight excluding hydrogens is 398 g/mol. The Labute approximate surface area is 170 Å². The fourth-order valence-corrected chi connectivity index (χ4v) is 6.81. The van der Waals surface area contributed by atoms with Crippen LogP contribution in [0.25, 0.3) is 0 Å². The fraction of sp³-hybridized carbons (Fsp3) is 0.684. The van der Waals surface area contributed by atoms with Gasteiger partial charge in [-0.05, 0) is 37.1 Å². The Morgan fingerprint density at radius 2 is 1.39 bits per heavy atom. The number of hydrogen-bond acceptors (Lipinski definition) is 5. The lowest BCUT2D eigenvalue weighted by molar-refractivity contribution is -0.146. The number of rotatable bonds is 4. The van der Waals surface area contributed by atoms with Gasteiger partial charge in [-0.1, -0.05) is 12.5 Å². The Bertz CT molecular complexity index is 804. The van der Waals surface area contributed by atoms with Gasteiger partial charge in [-0.3, -0.25) is 9.59 Å². The van der Waals surface area contributed by atoms with E-state index >= 15 is 0 Å². The Morgan fingerprint density at radius 3 is 1.82 bits per heavy atom. The van der Waals surface area contributed by atoms with Crippen LogP contribution in [0.4, 0.5) is 0 Å². The van der Waals surface area contributed by atoms with Gasteiger partial charge in [0.1, 0.15) is 4.21 Å². The maximum atomic E-state index is 12.9. The molecular formula is C19H27N3O4S2. The summed E-state index contributed by atoms with van der Waals surface area (Å²) in [4.78, 5) is 29.0. The smallest absolute Gasteiger partial charge is 0.252 e. The van der Waals surface area contributed by atoms with E-state index in [1.165, 1.54) is 15.6 Å². The molecule has 4 rings (SSSR count). The lowest BCUT2D eigenvalue weighted by Gasteiger charge is -2.40. The van der Waals surface area contributed by atoms with Gasteiger partial charge in [0.25, 0.3) is 10.0 Å². The third-order valence-electron chi connectivity index (χ3n) is 6.25. The minimum Gasteiger partial charge on any atom is -0.339 e. The van der Waals surface area contributed by atoms with Crippen LogP contribution in [0.2, 0.25) is 0 Å². The SMILES string of the molecule is O=C(C1CCC1)N1CCN(C(=O)C2CCN(S(=O)(=O)c3cccs3)CC2)CC1. The molecule has 28 heavy (non-hydrogen) atoms. The standard InChI is InChI=1S/C19H27N3O4S2/c23-18(15-3-1-4-15)20-10-12-21(13-11-20)19(24)16-6-8-22(9-7-16)28(25,26)17-5-2-14-27-17/h2,5,14-16H,1,3-4,6-13H2. The molecule has 0 bridgehead atoms. The van der Waals surface area contributed by atoms with Crippen LogP contribution in [0.5, 0.6) is 0 Å². The highest BCUT2D eigenvalue weighted by atomic mass is 32.2. The number of sulfonamides is 1. The average molecular weight is 426 g/mol. The van der Waals surface area contributed by atoms with Crippen LogP contribution in [0.3, 0.4) is 0 Å². The summed E-state index contributed by atoms with van der Waals surface area (Å²) in [6.07, 6.45) is 4.28. The summed E-state index contributed by atoms with van der Waals surface area (Å²) in [6, 6.07) is 3.37. The highest BCUT2D eigenvalue weighted by Gasteiger charge is 2.36. The van der Waals surface area contributed by atoms with Crippen LogP contribution in [0.15, 0.2) is 21.7 Å². The summed E-state index contributed by atoms with van der Waals surface area (Å²) < 4.78 is 27.1. The zero-order chi connectivity index (χ0) is 19.7. The first kappa shape index (κ1) is 19.8. The molecule has 0 unspecified atom stereocenters. The van der Waals surface area contributed by atoms with Gasteiger partial charge in [0.15, 0.2) is 0 Å². The van der Waals surface area contributed by atoms with Gasteiger partial charge in [0.2, 0.25) is 11.8 Å². The van der Waals surface area contributed by atoms with Crippen molar-refractivity contribution in [3.63, 3.8) is 0 Å². The second-order valence-electron chi connectivity index (χ2n) is 7.89. The number of carbonyl (C=O) groups excluding carboxylic acids is 2. The second kappa shape index (κ2) is 8.12. The van der Waals surface area contributed by atoms with Gasteiger partial charge in [-0.15, -0.1) is 11.3 Å². The van der Waals surface area contributed by atoms with Crippen molar-refractivity contribution in [1.29, 1.82) is 0 Å². The van der Waals surface area contributed by atoms with Crippen LogP contribution < -0.4 is 0 Å². The van der Waals surface area contributed by atoms with E-state index in [9.17, 15) is 18.0 Å². The molecule has 0 atom stereocenters. The Morgan fingerprint density at radius 1 is 0.857 bits per heavy atom. The monoisotopic (exact) mass is 425 g/mol. The van der Waals surface area contributed by atoms with Crippen LogP contribution >= 0.6 is 11.3 Å². The van der Waals surface area contributed by atoms with Crippen molar-refractivity contribution >= 4 is 33.2 Å². The third kappa shape index (κ3) is 3.84. The molecule has 0 N–H and O–H groups in total. The molecule has 154 valence electrons. The molecule has 2 aliphatic heterocycles. The zero-order valence-electron chi connectivity index (χ0n) is 16.0. The lowest BCUT2D eigenvalue weighted by Crippen LogP contribution is -2.54. The molecule has 3 heterocycles. The van der Waals surface area contributed by atoms with E-state index in [2.05, 4.69) is 0 Å². The van der Waals surface area contributed by atoms with Crippen molar-refractivity contribution in [1.82, 2.24) is 14.1 Å². The normalized spacial score (nSPS) is 22.9. The highest BCUT2D eigenvalue weighted by molar-refractivity contribution is 7.91. The molecule has 3 fully saturated rings. The molecule has 1 saturated carbocycles. The molecule has 2 saturated heterocycles. The predicted molar refractivity (Wildman–Crippen MR) is 106 cm³/mol. The van der Waals surface area contributed by atoms with Crippen molar-refractivity contribution in [3.05, 3.63) is 17.5 Å². The fourth-order valence-electron chi connectivity index (χ4n) is 4.20. The van der Waals surface area contributed by atoms with Crippen molar-refractivity contribution < 1.29 is 18.0 Å². The molecule has 3 aliphatic rings. The number of carbonyl (C=O) groups is 2. The van der Waals surface area contributed by atoms with E-state index in [0.717, 1.165) is 19.3 Å². The van der Waals surface area contributed by atoms with E-state index < -0.39 is 10.0 Å². The Balaban J connectivity index is 1.27. The first-order valence-corrected chi connectivity index (χ1v) is 12.4. The van der Waals surface area contributed by atoms with Gasteiger partial charge >= 0.3 is 0 Å². The van der Waals surface area contributed by atoms with Gasteiger partial charge in [-0.25, -0.2) is 8.42 Å². The largest absolute Gasteiger partial charge is 0.339 e. The van der Waals surface area contributed by atoms with E-state index in [4.69, 9.17) is 0 Å². The van der Waals surface area contributed by atoms with Gasteiger partial charge in [0.05, 0.1) is 0 Å². The van der Waals surface area contributed by atoms with Crippen LogP contribution in [-0.2, 0) is 19.6 Å². The number of amides is 2. The zero-order valence-corrected chi connectivity index (χ0v) is 17.6. The summed E-state index contributed by atoms with van der Waals surface area (Å²) in [5.41, 5.74) is 0. The average Bonchev–Trinajstić information content (AvgIpc) is 3.22. The quantitative estimate of drug-likeness (QED) is 0.734. The highest BCUT2D eigenvalue weighted by Crippen LogP contribution is 2.30. The topological polar surface area (TPSA) is 78.0 Å². The molecule has 0 aromatic carbocycles. The van der Waals surface area contributed by atoms with Crippen molar-refractivity contribution in [2.24, 2.45) is 11.8 Å². The Kier molecular flexibility index (Phi) is 5.76. The van der Waals surface area contributed by atoms with Crippen LogP contribution in [0.1, 0.15) is 32.1 Å². The first-order valence-electron chi connectivity index (χ1n) is 10.1. The van der Waals surface area contributed by atoms with Crippen molar-refractivity contribution in [2.45, 2.75) is 36.3 Å². The van der Waals surface area contributed by atoms with Crippen molar-refractivity contribution in [2.75, 3.05) is 39.3 Å². The van der Waals surface area contributed by atoms with Crippen LogP contribution in [-0.4, -0.2) is 73.6 Å². The first-order chi connectivity index (χ1) is 13.5. The predicted octanol–water partition coefficient (Wildman–Crippen LogP) is 1.62. The molecule has 0 radical (unpaired) electrons. The number of nitrogens with zero attached hydrogens (tertiary/aromatic N) is 3. The summed E-state index contributed by atoms with van der Waals surface area (Å²) in [7, 11) is -3.43. The van der Waals surface area contributed by atoms with Gasteiger partial charge < -0.3 is 9.80 Å². The van der Waals surface area contributed by atoms with E-state index in [0.29, 0.717) is 56.3 Å². The van der Waals surface area contributed by atoms with Crippen LogP contribution in [0, 0.1) is 11.8 Å². The summed E-state index contributed by atoms with van der Waals surface area (Å²) in [5.74, 6) is 0.454. The molecule has 1 aliphatic carbocycles. The number of thiophene rings is 1. The molecule has 1 aromatic heterocycles. The molecule has 7 nitrogen and oxygen atoms in total. The maximum Gasteiger partial charge on any atom is 0.252 e. The van der Waals surface area contributed by atoms with Gasteiger partial charge in [-0.2, -0.15) is 4.31 Å². The molecule has 2 amide bonds. The summed E-state index contributed by atoms with van der Waals surface area (Å²) >= 11 is 1.23. The maximum absolute atomic E-state index is 12.9. The molecule has 0 spiro atoms. The van der Waals surface area contributed by atoms with Gasteiger partial charge in [0, 0.05) is 51.1 Å². The van der Waals surface area contributed by atoms with E-state index in [1.54, 1.807) is 17.5 Å². The minimum atomic E-state index is -3.43. The second-order valence-corrected chi connectivity index (χ2v) is 11.0. The van der Waals surface area contributed by atoms with E-state index in [1.807, 2.05) is 9.80 Å². The summed E-state index contributed by atoms with van der Waals surface area (Å²) in [5, 5.41) is 1.76. The number of piperazine rings is 1. The number of piperidine rings is 1. The third-order valence-corrected chi connectivity index (χ3v) is 9.52. The molecule has 9 heteroatoms. The Hall–Kier alpha value is -1.45. The summed E-state index contributed by atoms with van der Waals surface area (Å²) in [6.45, 7) is 3.18.